The highest BCUT2D eigenvalue weighted by atomic mass is 35.5. The Hall–Kier alpha value is -2.61. The molecular formula is C24H19ClN2O3S2. The SMILES string of the molecule is O=C1OCC[C@H]1Sc1nc2scc(-c3ccccc3Cl)c2c(=O)n1CCc1ccccc1. The van der Waals surface area contributed by atoms with E-state index in [2.05, 4.69) is 0 Å². The zero-order valence-electron chi connectivity index (χ0n) is 17.0. The minimum Gasteiger partial charge on any atom is -0.465 e. The van der Waals surface area contributed by atoms with Crippen LogP contribution in [0.4, 0.5) is 0 Å². The second-order valence-corrected chi connectivity index (χ2v) is 9.89. The number of hydrogen-bond donors (Lipinski definition) is 0. The van der Waals surface area contributed by atoms with Gasteiger partial charge >= 0.3 is 5.97 Å². The molecule has 2 aromatic heterocycles. The Morgan fingerprint density at radius 1 is 1.09 bits per heavy atom. The molecule has 32 heavy (non-hydrogen) atoms. The number of ether oxygens (including phenoxy) is 1. The van der Waals surface area contributed by atoms with Gasteiger partial charge in [-0.1, -0.05) is 71.9 Å². The van der Waals surface area contributed by atoms with Gasteiger partial charge in [-0.05, 0) is 18.1 Å². The Morgan fingerprint density at radius 3 is 2.62 bits per heavy atom. The van der Waals surface area contributed by atoms with Crippen molar-refractivity contribution in [2.45, 2.75) is 29.8 Å². The van der Waals surface area contributed by atoms with Gasteiger partial charge in [-0.25, -0.2) is 4.98 Å². The molecule has 0 bridgehead atoms. The number of rotatable bonds is 6. The van der Waals surface area contributed by atoms with Crippen molar-refractivity contribution in [1.82, 2.24) is 9.55 Å². The van der Waals surface area contributed by atoms with Crippen LogP contribution in [0.2, 0.25) is 5.02 Å². The average molecular weight is 483 g/mol. The zero-order chi connectivity index (χ0) is 22.1. The quantitative estimate of drug-likeness (QED) is 0.271. The van der Waals surface area contributed by atoms with Crippen molar-refractivity contribution in [3.8, 4) is 11.1 Å². The van der Waals surface area contributed by atoms with Crippen LogP contribution in [0.25, 0.3) is 21.3 Å². The molecule has 0 saturated carbocycles. The van der Waals surface area contributed by atoms with Gasteiger partial charge in [0.25, 0.3) is 5.56 Å². The van der Waals surface area contributed by atoms with Gasteiger partial charge in [-0.2, -0.15) is 0 Å². The van der Waals surface area contributed by atoms with E-state index in [1.165, 1.54) is 23.1 Å². The molecule has 5 rings (SSSR count). The first-order chi connectivity index (χ1) is 15.6. The minimum atomic E-state index is -0.342. The number of thioether (sulfide) groups is 1. The van der Waals surface area contributed by atoms with Crippen LogP contribution in [-0.4, -0.2) is 27.4 Å². The van der Waals surface area contributed by atoms with Crippen molar-refractivity contribution in [1.29, 1.82) is 0 Å². The Kier molecular flexibility index (Phi) is 6.04. The van der Waals surface area contributed by atoms with Crippen molar-refractivity contribution in [3.63, 3.8) is 0 Å². The molecule has 0 N–H and O–H groups in total. The van der Waals surface area contributed by atoms with Crippen LogP contribution in [0.1, 0.15) is 12.0 Å². The number of thiophene rings is 1. The van der Waals surface area contributed by atoms with Crippen LogP contribution >= 0.6 is 34.7 Å². The van der Waals surface area contributed by atoms with Crippen molar-refractivity contribution in [2.24, 2.45) is 0 Å². The smallest absolute Gasteiger partial charge is 0.319 e. The van der Waals surface area contributed by atoms with Gasteiger partial charge in [0.1, 0.15) is 10.1 Å². The maximum absolute atomic E-state index is 13.7. The van der Waals surface area contributed by atoms with E-state index < -0.39 is 0 Å². The molecule has 4 aromatic rings. The number of carbonyl (C=O) groups excluding carboxylic acids is 1. The Morgan fingerprint density at radius 2 is 1.88 bits per heavy atom. The first-order valence-electron chi connectivity index (χ1n) is 10.3. The van der Waals surface area contributed by atoms with Gasteiger partial charge in [0.2, 0.25) is 0 Å². The fraction of sp³-hybridized carbons (Fsp3) is 0.208. The van der Waals surface area contributed by atoms with Crippen LogP contribution in [0.5, 0.6) is 0 Å². The fourth-order valence-corrected chi connectivity index (χ4v) is 6.07. The number of nitrogens with zero attached hydrogens (tertiary/aromatic N) is 2. The molecular weight excluding hydrogens is 464 g/mol. The van der Waals surface area contributed by atoms with E-state index in [0.29, 0.717) is 46.4 Å². The number of aryl methyl sites for hydroxylation is 1. The number of aromatic nitrogens is 2. The lowest BCUT2D eigenvalue weighted by molar-refractivity contribution is -0.137. The van der Waals surface area contributed by atoms with Crippen LogP contribution in [0.15, 0.2) is 69.9 Å². The summed E-state index contributed by atoms with van der Waals surface area (Å²) in [7, 11) is 0. The lowest BCUT2D eigenvalue weighted by Gasteiger charge is -2.14. The third kappa shape index (κ3) is 4.08. The lowest BCUT2D eigenvalue weighted by Crippen LogP contribution is -2.25. The largest absolute Gasteiger partial charge is 0.465 e. The summed E-state index contributed by atoms with van der Waals surface area (Å²) in [5, 5.41) is 3.30. The van der Waals surface area contributed by atoms with Gasteiger partial charge in [-0.3, -0.25) is 14.2 Å². The number of cyclic esters (lactones) is 1. The normalized spacial score (nSPS) is 15.9. The maximum atomic E-state index is 13.7. The molecule has 8 heteroatoms. The molecule has 1 fully saturated rings. The number of halogens is 1. The summed E-state index contributed by atoms with van der Waals surface area (Å²) in [5.41, 5.74) is 2.62. The summed E-state index contributed by atoms with van der Waals surface area (Å²) in [5.74, 6) is -0.248. The number of hydrogen-bond acceptors (Lipinski definition) is 6. The van der Waals surface area contributed by atoms with Crippen molar-refractivity contribution < 1.29 is 9.53 Å². The summed E-state index contributed by atoms with van der Waals surface area (Å²) in [6.45, 7) is 0.871. The van der Waals surface area contributed by atoms with Crippen molar-refractivity contribution >= 4 is 50.9 Å². The summed E-state index contributed by atoms with van der Waals surface area (Å²) in [6, 6.07) is 17.5. The maximum Gasteiger partial charge on any atom is 0.319 e. The van der Waals surface area contributed by atoms with E-state index in [4.69, 9.17) is 21.3 Å². The van der Waals surface area contributed by atoms with Crippen LogP contribution in [0.3, 0.4) is 0 Å². The molecule has 1 aliphatic heterocycles. The zero-order valence-corrected chi connectivity index (χ0v) is 19.4. The van der Waals surface area contributed by atoms with Crippen molar-refractivity contribution in [2.75, 3.05) is 6.61 Å². The molecule has 1 aliphatic rings. The first-order valence-corrected chi connectivity index (χ1v) is 12.4. The third-order valence-electron chi connectivity index (χ3n) is 5.42. The van der Waals surface area contributed by atoms with E-state index in [1.807, 2.05) is 60.0 Å². The van der Waals surface area contributed by atoms with E-state index in [1.54, 1.807) is 4.57 Å². The number of carbonyl (C=O) groups is 1. The first kappa shape index (κ1) is 21.2. The van der Waals surface area contributed by atoms with Gasteiger partial charge in [-0.15, -0.1) is 11.3 Å². The van der Waals surface area contributed by atoms with Gasteiger partial charge in [0.05, 0.1) is 12.0 Å². The minimum absolute atomic E-state index is 0.115. The highest BCUT2D eigenvalue weighted by Crippen LogP contribution is 2.37. The third-order valence-corrected chi connectivity index (χ3v) is 7.86. The fourth-order valence-electron chi connectivity index (χ4n) is 3.77. The summed E-state index contributed by atoms with van der Waals surface area (Å²) >= 11 is 9.16. The van der Waals surface area contributed by atoms with Gasteiger partial charge < -0.3 is 4.74 Å². The van der Waals surface area contributed by atoms with Crippen LogP contribution < -0.4 is 5.56 Å². The molecule has 0 radical (unpaired) electrons. The summed E-state index contributed by atoms with van der Waals surface area (Å²) in [4.78, 5) is 31.3. The van der Waals surface area contributed by atoms with E-state index >= 15 is 0 Å². The monoisotopic (exact) mass is 482 g/mol. The topological polar surface area (TPSA) is 61.2 Å². The van der Waals surface area contributed by atoms with E-state index in [9.17, 15) is 9.59 Å². The molecule has 0 amide bonds. The summed E-state index contributed by atoms with van der Waals surface area (Å²) < 4.78 is 6.81. The molecule has 2 aromatic carbocycles. The number of esters is 1. The molecule has 0 unspecified atom stereocenters. The standard InChI is InChI=1S/C24H19ClN2O3S2/c25-18-9-5-4-8-16(18)17-14-31-21-20(17)22(28)27(12-10-15-6-2-1-3-7-15)24(26-21)32-19-11-13-30-23(19)29/h1-9,14,19H,10-13H2/t19-/m1/s1. The number of fused-ring (bicyclic) bond motifs is 1. The molecule has 3 heterocycles. The number of benzene rings is 2. The average Bonchev–Trinajstić information content (AvgIpc) is 3.41. The molecule has 1 saturated heterocycles. The predicted octanol–water partition coefficient (Wildman–Crippen LogP) is 5.43. The second-order valence-electron chi connectivity index (χ2n) is 7.46. The molecule has 5 nitrogen and oxygen atoms in total. The molecule has 162 valence electrons. The highest BCUT2D eigenvalue weighted by molar-refractivity contribution is 8.00. The Labute approximate surface area is 198 Å². The van der Waals surface area contributed by atoms with Crippen LogP contribution in [-0.2, 0) is 22.5 Å². The Balaban J connectivity index is 1.62. The van der Waals surface area contributed by atoms with E-state index in [0.717, 1.165) is 16.7 Å². The van der Waals surface area contributed by atoms with Gasteiger partial charge in [0, 0.05) is 34.5 Å². The van der Waals surface area contributed by atoms with Crippen LogP contribution in [0, 0.1) is 0 Å². The second kappa shape index (κ2) is 9.10. The highest BCUT2D eigenvalue weighted by Gasteiger charge is 2.30. The molecule has 0 aliphatic carbocycles. The molecule has 1 atom stereocenters. The molecule has 0 spiro atoms. The predicted molar refractivity (Wildman–Crippen MR) is 130 cm³/mol. The van der Waals surface area contributed by atoms with Crippen molar-refractivity contribution in [3.05, 3.63) is 80.9 Å². The van der Waals surface area contributed by atoms with Gasteiger partial charge in [0.15, 0.2) is 5.16 Å². The summed E-state index contributed by atoms with van der Waals surface area (Å²) in [6.07, 6.45) is 1.30. The van der Waals surface area contributed by atoms with E-state index in [-0.39, 0.29) is 16.8 Å². The lowest BCUT2D eigenvalue weighted by atomic mass is 10.1. The Bertz CT molecular complexity index is 1350.